The van der Waals surface area contributed by atoms with Gasteiger partial charge in [0.05, 0.1) is 30.1 Å². The van der Waals surface area contributed by atoms with Crippen LogP contribution in [0.1, 0.15) is 0 Å². The zero-order valence-corrected chi connectivity index (χ0v) is 10.8. The van der Waals surface area contributed by atoms with Crippen molar-refractivity contribution in [3.63, 3.8) is 0 Å². The highest BCUT2D eigenvalue weighted by molar-refractivity contribution is 5.95. The average molecular weight is 283 g/mol. The number of benzene rings is 1. The third-order valence-electron chi connectivity index (χ3n) is 3.20. The zero-order valence-electron chi connectivity index (χ0n) is 10.8. The van der Waals surface area contributed by atoms with Gasteiger partial charge in [0.1, 0.15) is 11.5 Å². The summed E-state index contributed by atoms with van der Waals surface area (Å²) in [7, 11) is 1.71. The highest BCUT2D eigenvalue weighted by Gasteiger charge is 2.33. The fourth-order valence-corrected chi connectivity index (χ4v) is 2.08. The van der Waals surface area contributed by atoms with E-state index in [1.807, 2.05) is 0 Å². The van der Waals surface area contributed by atoms with Gasteiger partial charge in [-0.1, -0.05) is 0 Å². The molecule has 0 saturated carbocycles. The molecule has 2 rings (SSSR count). The Labute approximate surface area is 114 Å². The first-order chi connectivity index (χ1) is 9.52. The number of nitrogens with one attached hydrogen (secondary N) is 2. The lowest BCUT2D eigenvalue weighted by molar-refractivity contribution is -0.384. The molecule has 1 saturated heterocycles. The van der Waals surface area contributed by atoms with E-state index in [0.29, 0.717) is 6.61 Å². The van der Waals surface area contributed by atoms with Gasteiger partial charge in [0, 0.05) is 6.04 Å². The molecule has 1 aromatic carbocycles. The van der Waals surface area contributed by atoms with Gasteiger partial charge < -0.3 is 15.4 Å². The Morgan fingerprint density at radius 1 is 1.50 bits per heavy atom. The number of carbonyl (C=O) groups is 1. The highest BCUT2D eigenvalue weighted by atomic mass is 19.1. The molecule has 0 aliphatic carbocycles. The molecule has 1 amide bonds. The second kappa shape index (κ2) is 5.93. The standard InChI is InChI=1S/C12H14FN3O4/c1-14-10-6-20-5-8(10)12(17)15-9-3-2-7(13)4-11(9)16(18)19/h2-4,8,10,14H,5-6H2,1H3,(H,15,17). The van der Waals surface area contributed by atoms with E-state index in [1.54, 1.807) is 7.05 Å². The Balaban J connectivity index is 2.17. The number of nitrogens with zero attached hydrogens (tertiary/aromatic N) is 1. The predicted molar refractivity (Wildman–Crippen MR) is 68.8 cm³/mol. The van der Waals surface area contributed by atoms with E-state index in [4.69, 9.17) is 4.74 Å². The van der Waals surface area contributed by atoms with Gasteiger partial charge >= 0.3 is 0 Å². The van der Waals surface area contributed by atoms with Crippen LogP contribution >= 0.6 is 0 Å². The molecule has 0 radical (unpaired) electrons. The number of hydrogen-bond donors (Lipinski definition) is 2. The van der Waals surface area contributed by atoms with E-state index in [1.165, 1.54) is 6.07 Å². The van der Waals surface area contributed by atoms with Gasteiger partial charge in [0.25, 0.3) is 5.69 Å². The van der Waals surface area contributed by atoms with Crippen LogP contribution in [-0.2, 0) is 9.53 Å². The zero-order chi connectivity index (χ0) is 14.7. The molecule has 1 aliphatic rings. The van der Waals surface area contributed by atoms with Crippen molar-refractivity contribution in [2.24, 2.45) is 5.92 Å². The van der Waals surface area contributed by atoms with Crippen molar-refractivity contribution in [1.29, 1.82) is 0 Å². The van der Waals surface area contributed by atoms with Crippen LogP contribution in [0.5, 0.6) is 0 Å². The largest absolute Gasteiger partial charge is 0.379 e. The lowest BCUT2D eigenvalue weighted by atomic mass is 10.0. The quantitative estimate of drug-likeness (QED) is 0.632. The van der Waals surface area contributed by atoms with Gasteiger partial charge in [-0.15, -0.1) is 0 Å². The van der Waals surface area contributed by atoms with Crippen molar-refractivity contribution in [2.75, 3.05) is 25.6 Å². The molecule has 2 unspecified atom stereocenters. The van der Waals surface area contributed by atoms with E-state index < -0.39 is 28.3 Å². The van der Waals surface area contributed by atoms with Gasteiger partial charge in [-0.2, -0.15) is 0 Å². The van der Waals surface area contributed by atoms with Crippen LogP contribution in [0.15, 0.2) is 18.2 Å². The third-order valence-corrected chi connectivity index (χ3v) is 3.20. The Morgan fingerprint density at radius 3 is 2.90 bits per heavy atom. The first-order valence-electron chi connectivity index (χ1n) is 6.02. The number of ether oxygens (including phenoxy) is 1. The lowest BCUT2D eigenvalue weighted by Crippen LogP contribution is -2.39. The summed E-state index contributed by atoms with van der Waals surface area (Å²) in [4.78, 5) is 22.2. The smallest absolute Gasteiger partial charge is 0.295 e. The fourth-order valence-electron chi connectivity index (χ4n) is 2.08. The number of amides is 1. The van der Waals surface area contributed by atoms with E-state index >= 15 is 0 Å². The second-order valence-corrected chi connectivity index (χ2v) is 4.45. The highest BCUT2D eigenvalue weighted by Crippen LogP contribution is 2.26. The minimum absolute atomic E-state index is 0.0249. The maximum Gasteiger partial charge on any atom is 0.295 e. The van der Waals surface area contributed by atoms with Crippen LogP contribution < -0.4 is 10.6 Å². The molecule has 2 atom stereocenters. The first kappa shape index (κ1) is 14.4. The van der Waals surface area contributed by atoms with Gasteiger partial charge in [-0.3, -0.25) is 14.9 Å². The normalized spacial score (nSPS) is 21.7. The number of carbonyl (C=O) groups excluding carboxylic acids is 1. The van der Waals surface area contributed by atoms with Crippen molar-refractivity contribution >= 4 is 17.3 Å². The molecule has 108 valence electrons. The summed E-state index contributed by atoms with van der Waals surface area (Å²) in [5.74, 6) is -1.56. The molecule has 1 heterocycles. The Kier molecular flexibility index (Phi) is 4.26. The maximum atomic E-state index is 13.0. The SMILES string of the molecule is CNC1COCC1C(=O)Nc1ccc(F)cc1[N+](=O)[O-]. The van der Waals surface area contributed by atoms with Crippen LogP contribution in [0.4, 0.5) is 15.8 Å². The molecular formula is C12H14FN3O4. The summed E-state index contributed by atoms with van der Waals surface area (Å²) in [6.45, 7) is 0.645. The van der Waals surface area contributed by atoms with E-state index in [-0.39, 0.29) is 18.3 Å². The van der Waals surface area contributed by atoms with Crippen LogP contribution in [0.3, 0.4) is 0 Å². The second-order valence-electron chi connectivity index (χ2n) is 4.45. The minimum Gasteiger partial charge on any atom is -0.379 e. The number of nitro benzene ring substituents is 1. The van der Waals surface area contributed by atoms with Gasteiger partial charge in [-0.05, 0) is 19.2 Å². The molecule has 0 bridgehead atoms. The van der Waals surface area contributed by atoms with E-state index in [0.717, 1.165) is 12.1 Å². The molecule has 0 spiro atoms. The Bertz CT molecular complexity index is 537. The lowest BCUT2D eigenvalue weighted by Gasteiger charge is -2.16. The van der Waals surface area contributed by atoms with Crippen molar-refractivity contribution < 1.29 is 18.8 Å². The molecule has 20 heavy (non-hydrogen) atoms. The van der Waals surface area contributed by atoms with Crippen LogP contribution in [0.2, 0.25) is 0 Å². The summed E-state index contributed by atoms with van der Waals surface area (Å²) in [5.41, 5.74) is -0.499. The molecular weight excluding hydrogens is 269 g/mol. The van der Waals surface area contributed by atoms with Crippen molar-refractivity contribution in [3.05, 3.63) is 34.1 Å². The van der Waals surface area contributed by atoms with Crippen molar-refractivity contribution in [2.45, 2.75) is 6.04 Å². The molecule has 0 aromatic heterocycles. The predicted octanol–water partition coefficient (Wildman–Crippen LogP) is 0.907. The van der Waals surface area contributed by atoms with Gasteiger partial charge in [-0.25, -0.2) is 4.39 Å². The fraction of sp³-hybridized carbons (Fsp3) is 0.417. The first-order valence-corrected chi connectivity index (χ1v) is 6.02. The van der Waals surface area contributed by atoms with Crippen molar-refractivity contribution in [3.8, 4) is 0 Å². The molecule has 2 N–H and O–H groups in total. The number of nitro groups is 1. The molecule has 1 aromatic rings. The number of rotatable bonds is 4. The van der Waals surface area contributed by atoms with Crippen LogP contribution in [0.25, 0.3) is 0 Å². The minimum atomic E-state index is -0.737. The number of hydrogen-bond acceptors (Lipinski definition) is 5. The molecule has 7 nitrogen and oxygen atoms in total. The summed E-state index contributed by atoms with van der Waals surface area (Å²) in [5, 5.41) is 16.3. The number of halogens is 1. The third kappa shape index (κ3) is 2.91. The molecule has 1 fully saturated rings. The van der Waals surface area contributed by atoms with E-state index in [2.05, 4.69) is 10.6 Å². The Hall–Kier alpha value is -2.06. The molecule has 8 heteroatoms. The Morgan fingerprint density at radius 2 is 2.25 bits per heavy atom. The number of anilines is 1. The van der Waals surface area contributed by atoms with E-state index in [9.17, 15) is 19.3 Å². The number of likely N-dealkylation sites (N-methyl/N-ethyl adjacent to an activating group) is 1. The summed E-state index contributed by atoms with van der Waals surface area (Å²) in [6.07, 6.45) is 0. The van der Waals surface area contributed by atoms with Crippen LogP contribution in [0, 0.1) is 21.8 Å². The average Bonchev–Trinajstić information content (AvgIpc) is 2.89. The summed E-state index contributed by atoms with van der Waals surface area (Å²) < 4.78 is 18.2. The summed E-state index contributed by atoms with van der Waals surface area (Å²) in [6, 6.07) is 2.87. The van der Waals surface area contributed by atoms with Crippen molar-refractivity contribution in [1.82, 2.24) is 5.32 Å². The van der Waals surface area contributed by atoms with Gasteiger partial charge in [0.2, 0.25) is 5.91 Å². The van der Waals surface area contributed by atoms with Crippen LogP contribution in [-0.4, -0.2) is 37.1 Å². The van der Waals surface area contributed by atoms with Gasteiger partial charge in [0.15, 0.2) is 0 Å². The topological polar surface area (TPSA) is 93.5 Å². The monoisotopic (exact) mass is 283 g/mol. The summed E-state index contributed by atoms with van der Waals surface area (Å²) >= 11 is 0. The maximum absolute atomic E-state index is 13.0. The molecule has 1 aliphatic heterocycles.